The van der Waals surface area contributed by atoms with E-state index in [0.29, 0.717) is 0 Å². The van der Waals surface area contributed by atoms with Gasteiger partial charge >= 0.3 is 5.97 Å². The maximum absolute atomic E-state index is 10.8. The number of carbonyl (C=O) groups excluding carboxylic acids is 2. The van der Waals surface area contributed by atoms with E-state index in [-0.39, 0.29) is 12.2 Å². The van der Waals surface area contributed by atoms with E-state index >= 15 is 0 Å². The Morgan fingerprint density at radius 3 is 2.18 bits per heavy atom. The molecule has 0 atom stereocenters. The number of methoxy groups -OCH3 is 1. The lowest BCUT2D eigenvalue weighted by atomic mass is 10.2. The van der Waals surface area contributed by atoms with Crippen LogP contribution in [-0.4, -0.2) is 22.1 Å². The van der Waals surface area contributed by atoms with Gasteiger partial charge in [-0.2, -0.15) is 0 Å². The Hall–Kier alpha value is 0.1000. The van der Waals surface area contributed by atoms with Gasteiger partial charge in [-0.25, -0.2) is 0 Å². The largest absolute Gasteiger partial charge is 0.469 e. The van der Waals surface area contributed by atoms with Crippen LogP contribution in [0.1, 0.15) is 13.3 Å². The summed E-state index contributed by atoms with van der Waals surface area (Å²) < 4.78 is 3.42. The van der Waals surface area contributed by atoms with Crippen LogP contribution in [0.5, 0.6) is 0 Å². The predicted octanol–water partition coefficient (Wildman–Crippen LogP) is 1.62. The maximum atomic E-state index is 10.8. The zero-order valence-electron chi connectivity index (χ0n) is 6.19. The summed E-state index contributed by atoms with van der Waals surface area (Å²) in [6.07, 6.45) is -0.0150. The van der Waals surface area contributed by atoms with Gasteiger partial charge in [-0.15, -0.1) is 0 Å². The minimum atomic E-state index is -0.965. The molecule has 0 spiro atoms. The topological polar surface area (TPSA) is 43.4 Å². The summed E-state index contributed by atoms with van der Waals surface area (Å²) in [5, 5.41) is 0. The monoisotopic (exact) mass is 286 g/mol. The Morgan fingerprint density at radius 1 is 1.45 bits per heavy atom. The zero-order chi connectivity index (χ0) is 9.07. The van der Waals surface area contributed by atoms with Gasteiger partial charge in [0.1, 0.15) is 3.23 Å². The maximum Gasteiger partial charge on any atom is 0.308 e. The zero-order valence-corrected chi connectivity index (χ0v) is 9.36. The van der Waals surface area contributed by atoms with Crippen molar-refractivity contribution < 1.29 is 14.3 Å². The van der Waals surface area contributed by atoms with Crippen molar-refractivity contribution in [2.24, 2.45) is 0 Å². The van der Waals surface area contributed by atoms with Crippen LogP contribution in [0.3, 0.4) is 0 Å². The van der Waals surface area contributed by atoms with Gasteiger partial charge in [0.25, 0.3) is 0 Å². The molecular weight excluding hydrogens is 280 g/mol. The fourth-order valence-corrected chi connectivity index (χ4v) is 0.836. The van der Waals surface area contributed by atoms with E-state index in [1.165, 1.54) is 14.0 Å². The lowest BCUT2D eigenvalue weighted by Crippen LogP contribution is -2.26. The van der Waals surface area contributed by atoms with Crippen LogP contribution in [0.25, 0.3) is 0 Å². The molecule has 0 radical (unpaired) electrons. The highest BCUT2D eigenvalue weighted by Crippen LogP contribution is 2.31. The molecule has 64 valence electrons. The number of esters is 1. The Balaban J connectivity index is 4.12. The minimum absolute atomic E-state index is 0.0150. The van der Waals surface area contributed by atoms with Gasteiger partial charge in [0.2, 0.25) is 0 Å². The third-order valence-electron chi connectivity index (χ3n) is 1.11. The molecule has 0 aromatic carbocycles. The second-order valence-corrected chi connectivity index (χ2v) is 5.79. The quantitative estimate of drug-likeness (QED) is 0.585. The van der Waals surface area contributed by atoms with E-state index in [9.17, 15) is 9.59 Å². The molecule has 0 fully saturated rings. The number of ether oxygens (including phenoxy) is 1. The summed E-state index contributed by atoms with van der Waals surface area (Å²) in [6.45, 7) is 1.38. The first-order valence-electron chi connectivity index (χ1n) is 2.86. The summed E-state index contributed by atoms with van der Waals surface area (Å²) in [5.41, 5.74) is 0. The molecule has 0 aliphatic carbocycles. The number of carbonyl (C=O) groups is 2. The molecule has 0 amide bonds. The SMILES string of the molecule is COC(=O)CC(Br)(Br)C(C)=O. The fraction of sp³-hybridized carbons (Fsp3) is 0.667. The van der Waals surface area contributed by atoms with Crippen LogP contribution in [0, 0.1) is 0 Å². The highest BCUT2D eigenvalue weighted by Gasteiger charge is 2.31. The van der Waals surface area contributed by atoms with Gasteiger partial charge in [-0.05, 0) is 6.92 Å². The van der Waals surface area contributed by atoms with Crippen LogP contribution in [0.4, 0.5) is 0 Å². The smallest absolute Gasteiger partial charge is 0.308 e. The van der Waals surface area contributed by atoms with Crippen molar-refractivity contribution in [3.63, 3.8) is 0 Å². The first kappa shape index (κ1) is 11.1. The van der Waals surface area contributed by atoms with Gasteiger partial charge in [-0.3, -0.25) is 9.59 Å². The fourth-order valence-electron chi connectivity index (χ4n) is 0.378. The Labute approximate surface area is 81.7 Å². The third-order valence-corrected chi connectivity index (χ3v) is 2.79. The molecule has 0 unspecified atom stereocenters. The molecule has 0 aliphatic rings. The average molecular weight is 288 g/mol. The third kappa shape index (κ3) is 3.86. The molecule has 0 aromatic heterocycles. The van der Waals surface area contributed by atoms with Crippen molar-refractivity contribution in [2.45, 2.75) is 16.6 Å². The molecule has 0 heterocycles. The molecule has 0 bridgehead atoms. The molecule has 5 heteroatoms. The standard InChI is InChI=1S/C6H8Br2O3/c1-4(9)6(7,8)3-5(10)11-2/h3H2,1-2H3. The second kappa shape index (κ2) is 4.21. The van der Waals surface area contributed by atoms with E-state index in [2.05, 4.69) is 36.6 Å². The predicted molar refractivity (Wildman–Crippen MR) is 47.9 cm³/mol. The van der Waals surface area contributed by atoms with Crippen LogP contribution >= 0.6 is 31.9 Å². The van der Waals surface area contributed by atoms with Crippen molar-refractivity contribution >= 4 is 43.6 Å². The van der Waals surface area contributed by atoms with Crippen molar-refractivity contribution in [3.8, 4) is 0 Å². The summed E-state index contributed by atoms with van der Waals surface area (Å²) in [6, 6.07) is 0. The minimum Gasteiger partial charge on any atom is -0.469 e. The van der Waals surface area contributed by atoms with Crippen molar-refractivity contribution in [2.75, 3.05) is 7.11 Å². The molecule has 0 saturated heterocycles. The molecule has 11 heavy (non-hydrogen) atoms. The highest BCUT2D eigenvalue weighted by atomic mass is 79.9. The molecule has 0 aromatic rings. The number of hydrogen-bond donors (Lipinski definition) is 0. The lowest BCUT2D eigenvalue weighted by molar-refractivity contribution is -0.141. The van der Waals surface area contributed by atoms with E-state index in [1.807, 2.05) is 0 Å². The van der Waals surface area contributed by atoms with Crippen LogP contribution < -0.4 is 0 Å². The number of Topliss-reactive ketones (excluding diaryl/α,β-unsaturated/α-hetero) is 1. The van der Waals surface area contributed by atoms with Gasteiger partial charge in [0.05, 0.1) is 13.5 Å². The molecule has 0 saturated carbocycles. The lowest BCUT2D eigenvalue weighted by Gasteiger charge is -2.14. The van der Waals surface area contributed by atoms with Crippen LogP contribution in [-0.2, 0) is 14.3 Å². The van der Waals surface area contributed by atoms with Crippen LogP contribution in [0.2, 0.25) is 0 Å². The Morgan fingerprint density at radius 2 is 1.91 bits per heavy atom. The Kier molecular flexibility index (Phi) is 4.25. The average Bonchev–Trinajstić information content (AvgIpc) is 1.86. The first-order valence-corrected chi connectivity index (χ1v) is 4.44. The van der Waals surface area contributed by atoms with Crippen molar-refractivity contribution in [1.82, 2.24) is 0 Å². The second-order valence-electron chi connectivity index (χ2n) is 2.01. The van der Waals surface area contributed by atoms with Gasteiger partial charge in [0.15, 0.2) is 5.78 Å². The number of ketones is 1. The van der Waals surface area contributed by atoms with E-state index in [4.69, 9.17) is 0 Å². The number of halogens is 2. The number of hydrogen-bond acceptors (Lipinski definition) is 3. The van der Waals surface area contributed by atoms with E-state index < -0.39 is 9.20 Å². The molecular formula is C6H8Br2O3. The number of alkyl halides is 2. The summed E-state index contributed by atoms with van der Waals surface area (Å²) >= 11 is 6.11. The summed E-state index contributed by atoms with van der Waals surface area (Å²) in [5.74, 6) is -0.600. The van der Waals surface area contributed by atoms with Gasteiger partial charge in [0, 0.05) is 0 Å². The van der Waals surface area contributed by atoms with Crippen molar-refractivity contribution in [3.05, 3.63) is 0 Å². The first-order chi connectivity index (χ1) is 4.90. The molecule has 3 nitrogen and oxygen atoms in total. The molecule has 0 rings (SSSR count). The van der Waals surface area contributed by atoms with Crippen molar-refractivity contribution in [1.29, 1.82) is 0 Å². The van der Waals surface area contributed by atoms with E-state index in [0.717, 1.165) is 0 Å². The Bertz CT molecular complexity index is 177. The molecule has 0 N–H and O–H groups in total. The summed E-state index contributed by atoms with van der Waals surface area (Å²) in [7, 11) is 1.28. The van der Waals surface area contributed by atoms with Crippen LogP contribution in [0.15, 0.2) is 0 Å². The summed E-state index contributed by atoms with van der Waals surface area (Å²) in [4.78, 5) is 21.5. The van der Waals surface area contributed by atoms with Gasteiger partial charge in [-0.1, -0.05) is 31.9 Å². The van der Waals surface area contributed by atoms with E-state index in [1.54, 1.807) is 0 Å². The number of rotatable bonds is 3. The highest BCUT2D eigenvalue weighted by molar-refractivity contribution is 9.25. The molecule has 0 aliphatic heterocycles. The van der Waals surface area contributed by atoms with Gasteiger partial charge < -0.3 is 4.74 Å². The normalized spacial score (nSPS) is 10.9.